The van der Waals surface area contributed by atoms with Gasteiger partial charge in [-0.3, -0.25) is 0 Å². The number of nitrogens with zero attached hydrogens (tertiary/aromatic N) is 2. The van der Waals surface area contributed by atoms with Crippen molar-refractivity contribution in [1.82, 2.24) is 9.38 Å². The Kier molecular flexibility index (Phi) is 4.63. The summed E-state index contributed by atoms with van der Waals surface area (Å²) in [6.07, 6.45) is 2.01. The Balaban J connectivity index is 2.04. The molecule has 4 heteroatoms. The van der Waals surface area contributed by atoms with E-state index < -0.39 is 0 Å². The van der Waals surface area contributed by atoms with Crippen molar-refractivity contribution in [3.63, 3.8) is 0 Å². The summed E-state index contributed by atoms with van der Waals surface area (Å²) < 4.78 is 7.74. The molecule has 1 unspecified atom stereocenters. The van der Waals surface area contributed by atoms with Crippen LogP contribution in [0.2, 0.25) is 0 Å². The monoisotopic (exact) mass is 340 g/mol. The van der Waals surface area contributed by atoms with Crippen molar-refractivity contribution < 1.29 is 4.74 Å². The average Bonchev–Trinajstić information content (AvgIpc) is 2.94. The molecule has 2 aromatic heterocycles. The van der Waals surface area contributed by atoms with E-state index in [1.165, 1.54) is 0 Å². The van der Waals surface area contributed by atoms with E-state index >= 15 is 0 Å². The van der Waals surface area contributed by atoms with Gasteiger partial charge in [0.2, 0.25) is 0 Å². The summed E-state index contributed by atoms with van der Waals surface area (Å²) in [6.45, 7) is 10.3. The normalized spacial score (nSPS) is 12.3. The SMILES string of the molecule is C=C(C)COc1ccc(-c2nc3c(C)cccn3c2C(C)Cl)cc1. The zero-order valence-corrected chi connectivity index (χ0v) is 15.0. The standard InChI is InChI=1S/C20H21ClN2O/c1-13(2)12-24-17-9-7-16(8-10-17)18-19(15(4)21)23-11-5-6-14(3)20(23)22-18/h5-11,15H,1,12H2,2-4H3. The number of imidazole rings is 1. The van der Waals surface area contributed by atoms with Crippen LogP contribution in [-0.4, -0.2) is 16.0 Å². The number of alkyl halides is 1. The van der Waals surface area contributed by atoms with Crippen LogP contribution in [-0.2, 0) is 0 Å². The smallest absolute Gasteiger partial charge is 0.140 e. The molecule has 0 aliphatic heterocycles. The van der Waals surface area contributed by atoms with Gasteiger partial charge in [0.15, 0.2) is 0 Å². The number of hydrogen-bond acceptors (Lipinski definition) is 2. The summed E-state index contributed by atoms with van der Waals surface area (Å²) in [5.41, 5.74) is 6.02. The van der Waals surface area contributed by atoms with Crippen molar-refractivity contribution in [3.05, 3.63) is 66.0 Å². The molecule has 124 valence electrons. The van der Waals surface area contributed by atoms with Crippen LogP contribution in [0.15, 0.2) is 54.7 Å². The lowest BCUT2D eigenvalue weighted by molar-refractivity contribution is 0.353. The van der Waals surface area contributed by atoms with Gasteiger partial charge in [-0.2, -0.15) is 0 Å². The zero-order chi connectivity index (χ0) is 17.3. The molecule has 0 radical (unpaired) electrons. The Morgan fingerprint density at radius 3 is 2.62 bits per heavy atom. The Bertz CT molecular complexity index is 879. The maximum Gasteiger partial charge on any atom is 0.140 e. The highest BCUT2D eigenvalue weighted by Crippen LogP contribution is 2.33. The Morgan fingerprint density at radius 2 is 2.00 bits per heavy atom. The van der Waals surface area contributed by atoms with E-state index in [1.54, 1.807) is 0 Å². The molecule has 1 atom stereocenters. The molecule has 0 saturated heterocycles. The van der Waals surface area contributed by atoms with Crippen molar-refractivity contribution >= 4 is 17.2 Å². The van der Waals surface area contributed by atoms with Crippen LogP contribution in [0, 0.1) is 6.92 Å². The molecule has 3 nitrogen and oxygen atoms in total. The number of fused-ring (bicyclic) bond motifs is 1. The molecule has 2 heterocycles. The van der Waals surface area contributed by atoms with Crippen molar-refractivity contribution in [1.29, 1.82) is 0 Å². The van der Waals surface area contributed by atoms with Gasteiger partial charge < -0.3 is 9.14 Å². The molecular formula is C20H21ClN2O. The summed E-state index contributed by atoms with van der Waals surface area (Å²) in [5, 5.41) is -0.142. The molecule has 24 heavy (non-hydrogen) atoms. The predicted molar refractivity (Wildman–Crippen MR) is 99.9 cm³/mol. The number of pyridine rings is 1. The molecular weight excluding hydrogens is 320 g/mol. The lowest BCUT2D eigenvalue weighted by Crippen LogP contribution is -1.98. The maximum absolute atomic E-state index is 6.45. The van der Waals surface area contributed by atoms with E-state index in [-0.39, 0.29) is 5.38 Å². The first-order valence-corrected chi connectivity index (χ1v) is 8.40. The van der Waals surface area contributed by atoms with Crippen LogP contribution in [0.3, 0.4) is 0 Å². The highest BCUT2D eigenvalue weighted by atomic mass is 35.5. The fraction of sp³-hybridized carbons (Fsp3) is 0.250. The molecule has 0 spiro atoms. The van der Waals surface area contributed by atoms with Gasteiger partial charge in [-0.15, -0.1) is 11.6 Å². The second-order valence-electron chi connectivity index (χ2n) is 6.12. The van der Waals surface area contributed by atoms with E-state index in [1.807, 2.05) is 50.4 Å². The van der Waals surface area contributed by atoms with Crippen LogP contribution in [0.4, 0.5) is 0 Å². The van der Waals surface area contributed by atoms with E-state index in [2.05, 4.69) is 24.0 Å². The van der Waals surface area contributed by atoms with Crippen molar-refractivity contribution in [2.45, 2.75) is 26.1 Å². The molecule has 0 saturated carbocycles. The number of rotatable bonds is 5. The molecule has 3 aromatic rings. The fourth-order valence-electron chi connectivity index (χ4n) is 2.73. The highest BCUT2D eigenvalue weighted by Gasteiger charge is 2.18. The molecule has 0 fully saturated rings. The molecule has 0 amide bonds. The molecule has 0 bridgehead atoms. The number of aromatic nitrogens is 2. The van der Waals surface area contributed by atoms with Gasteiger partial charge in [-0.25, -0.2) is 4.98 Å². The summed E-state index contributed by atoms with van der Waals surface area (Å²) in [7, 11) is 0. The zero-order valence-electron chi connectivity index (χ0n) is 14.2. The minimum absolute atomic E-state index is 0.142. The lowest BCUT2D eigenvalue weighted by atomic mass is 10.1. The third kappa shape index (κ3) is 3.17. The molecule has 0 aliphatic carbocycles. The van der Waals surface area contributed by atoms with Crippen LogP contribution < -0.4 is 4.74 Å². The van der Waals surface area contributed by atoms with Gasteiger partial charge in [-0.05, 0) is 62.2 Å². The minimum Gasteiger partial charge on any atom is -0.489 e. The third-order valence-corrected chi connectivity index (χ3v) is 4.08. The first-order chi connectivity index (χ1) is 11.5. The van der Waals surface area contributed by atoms with E-state index in [9.17, 15) is 0 Å². The van der Waals surface area contributed by atoms with Gasteiger partial charge in [0, 0.05) is 11.8 Å². The Morgan fingerprint density at radius 1 is 1.29 bits per heavy atom. The number of hydrogen-bond donors (Lipinski definition) is 0. The maximum atomic E-state index is 6.45. The van der Waals surface area contributed by atoms with Crippen LogP contribution in [0.1, 0.15) is 30.5 Å². The van der Waals surface area contributed by atoms with E-state index in [0.717, 1.165) is 39.5 Å². The van der Waals surface area contributed by atoms with E-state index in [0.29, 0.717) is 6.61 Å². The summed E-state index contributed by atoms with van der Waals surface area (Å²) in [5.74, 6) is 0.821. The summed E-state index contributed by atoms with van der Waals surface area (Å²) in [6, 6.07) is 12.0. The minimum atomic E-state index is -0.142. The number of ether oxygens (including phenoxy) is 1. The predicted octanol–water partition coefficient (Wildman–Crippen LogP) is 5.56. The highest BCUT2D eigenvalue weighted by molar-refractivity contribution is 6.20. The topological polar surface area (TPSA) is 26.5 Å². The number of benzene rings is 1. The van der Waals surface area contributed by atoms with Crippen LogP contribution in [0.25, 0.3) is 16.9 Å². The van der Waals surface area contributed by atoms with Crippen LogP contribution >= 0.6 is 11.6 Å². The summed E-state index contributed by atoms with van der Waals surface area (Å²) >= 11 is 6.45. The molecule has 3 rings (SSSR count). The summed E-state index contributed by atoms with van der Waals surface area (Å²) in [4.78, 5) is 4.83. The van der Waals surface area contributed by atoms with Gasteiger partial charge in [0.1, 0.15) is 18.0 Å². The first-order valence-electron chi connectivity index (χ1n) is 7.96. The van der Waals surface area contributed by atoms with Crippen molar-refractivity contribution in [2.75, 3.05) is 6.61 Å². The number of halogens is 1. The molecule has 1 aromatic carbocycles. The van der Waals surface area contributed by atoms with Gasteiger partial charge in [-0.1, -0.05) is 12.6 Å². The first kappa shape index (κ1) is 16.6. The number of aryl methyl sites for hydroxylation is 1. The van der Waals surface area contributed by atoms with Crippen molar-refractivity contribution in [2.24, 2.45) is 0 Å². The average molecular weight is 341 g/mol. The second kappa shape index (κ2) is 6.70. The second-order valence-corrected chi connectivity index (χ2v) is 6.77. The molecule has 0 aliphatic rings. The van der Waals surface area contributed by atoms with Crippen molar-refractivity contribution in [3.8, 4) is 17.0 Å². The van der Waals surface area contributed by atoms with E-state index in [4.69, 9.17) is 21.3 Å². The van der Waals surface area contributed by atoms with Crippen LogP contribution in [0.5, 0.6) is 5.75 Å². The van der Waals surface area contributed by atoms with Gasteiger partial charge in [0.25, 0.3) is 0 Å². The molecule has 0 N–H and O–H groups in total. The largest absolute Gasteiger partial charge is 0.489 e. The fourth-order valence-corrected chi connectivity index (χ4v) is 2.94. The van der Waals surface area contributed by atoms with Gasteiger partial charge in [0.05, 0.1) is 16.8 Å². The third-order valence-electron chi connectivity index (χ3n) is 3.87. The Hall–Kier alpha value is -2.26. The van der Waals surface area contributed by atoms with Gasteiger partial charge >= 0.3 is 0 Å². The quantitative estimate of drug-likeness (QED) is 0.448. The Labute approximate surface area is 147 Å². The lowest BCUT2D eigenvalue weighted by Gasteiger charge is -2.09.